The summed E-state index contributed by atoms with van der Waals surface area (Å²) in [4.78, 5) is 27.3. The van der Waals surface area contributed by atoms with Crippen LogP contribution in [0, 0.1) is 11.3 Å². The summed E-state index contributed by atoms with van der Waals surface area (Å²) in [5, 5.41) is 18.5. The van der Waals surface area contributed by atoms with Gasteiger partial charge in [0.05, 0.1) is 17.7 Å². The molecule has 8 nitrogen and oxygen atoms in total. The van der Waals surface area contributed by atoms with Crippen LogP contribution < -0.4 is 5.56 Å². The molecule has 0 saturated heterocycles. The minimum absolute atomic E-state index is 0.0902. The van der Waals surface area contributed by atoms with Crippen molar-refractivity contribution < 1.29 is 14.3 Å². The largest absolute Gasteiger partial charge is 0.323 e. The minimum atomic E-state index is -0.647. The lowest BCUT2D eigenvalue weighted by atomic mass is 10.00. The van der Waals surface area contributed by atoms with Crippen LogP contribution >= 0.6 is 11.6 Å². The Kier molecular flexibility index (Phi) is 7.30. The van der Waals surface area contributed by atoms with Gasteiger partial charge in [0.25, 0.3) is 5.56 Å². The number of nitriles is 1. The van der Waals surface area contributed by atoms with Crippen LogP contribution in [0.4, 0.5) is 0 Å². The SMILES string of the molecule is COC[N+]1=NCC(c2ccc(CC(=O)C(C)n3ccc(-c4cc(Cl)ccc4C#N)cc3=O)cc2)=N1. The zero-order valence-corrected chi connectivity index (χ0v) is 20.1. The van der Waals surface area contributed by atoms with Crippen molar-refractivity contribution in [3.8, 4) is 17.2 Å². The van der Waals surface area contributed by atoms with E-state index in [2.05, 4.69) is 16.3 Å². The minimum Gasteiger partial charge on any atom is -0.323 e. The Morgan fingerprint density at radius 3 is 2.66 bits per heavy atom. The average molecular weight is 489 g/mol. The lowest BCUT2D eigenvalue weighted by Gasteiger charge is -2.15. The molecule has 0 N–H and O–H groups in total. The van der Waals surface area contributed by atoms with Crippen molar-refractivity contribution in [3.63, 3.8) is 0 Å². The van der Waals surface area contributed by atoms with Crippen molar-refractivity contribution in [1.82, 2.24) is 4.57 Å². The van der Waals surface area contributed by atoms with Crippen LogP contribution in [0.3, 0.4) is 0 Å². The standard InChI is InChI=1S/C26H23ClN5O3/c1-17(31-10-9-20(12-26(31)34)23-13-22(27)8-7-21(23)14-28)25(33)11-18-3-5-19(6-4-18)24-15-29-32(30-24)16-35-2/h3-10,12-13,17H,11,15-16H2,1-2H3/q+1. The smallest absolute Gasteiger partial charge is 0.304 e. The fourth-order valence-electron chi connectivity index (χ4n) is 3.83. The fraction of sp³-hybridized carbons (Fsp3) is 0.231. The van der Waals surface area contributed by atoms with Gasteiger partial charge in [-0.15, -0.1) is 0 Å². The Hall–Kier alpha value is -3.93. The lowest BCUT2D eigenvalue weighted by molar-refractivity contribution is -0.626. The van der Waals surface area contributed by atoms with Crippen molar-refractivity contribution in [2.75, 3.05) is 20.4 Å². The van der Waals surface area contributed by atoms with E-state index >= 15 is 0 Å². The Balaban J connectivity index is 1.47. The molecule has 0 spiro atoms. The van der Waals surface area contributed by atoms with Crippen LogP contribution in [0.1, 0.15) is 29.7 Å². The molecule has 1 atom stereocenters. The molecule has 1 aliphatic heterocycles. The molecule has 4 rings (SSSR count). The second kappa shape index (κ2) is 10.6. The number of pyridine rings is 1. The summed E-state index contributed by atoms with van der Waals surface area (Å²) in [5.41, 5.74) is 3.85. The monoisotopic (exact) mass is 488 g/mol. The van der Waals surface area contributed by atoms with E-state index < -0.39 is 6.04 Å². The number of carbonyl (C=O) groups is 1. The maximum Gasteiger partial charge on any atom is 0.304 e. The van der Waals surface area contributed by atoms with E-state index in [0.717, 1.165) is 16.8 Å². The summed E-state index contributed by atoms with van der Waals surface area (Å²) in [6.07, 6.45) is 1.77. The first-order chi connectivity index (χ1) is 16.9. The van der Waals surface area contributed by atoms with Crippen LogP contribution in [0.25, 0.3) is 11.1 Å². The summed E-state index contributed by atoms with van der Waals surface area (Å²) in [5.74, 6) is -0.0902. The number of nitrogens with zero attached hydrogens (tertiary/aromatic N) is 5. The molecule has 3 aromatic rings. The quantitative estimate of drug-likeness (QED) is 0.443. The topological polar surface area (TPSA) is 99.8 Å². The maximum atomic E-state index is 12.9. The fourth-order valence-corrected chi connectivity index (χ4v) is 4.01. The highest BCUT2D eigenvalue weighted by molar-refractivity contribution is 6.30. The highest BCUT2D eigenvalue weighted by Gasteiger charge is 2.20. The van der Waals surface area contributed by atoms with Crippen molar-refractivity contribution >= 4 is 23.1 Å². The van der Waals surface area contributed by atoms with E-state index in [-0.39, 0.29) is 17.8 Å². The molecule has 9 heteroatoms. The van der Waals surface area contributed by atoms with Gasteiger partial charge in [0, 0.05) is 51.9 Å². The van der Waals surface area contributed by atoms with E-state index in [9.17, 15) is 14.9 Å². The maximum absolute atomic E-state index is 12.9. The zero-order valence-electron chi connectivity index (χ0n) is 19.3. The molecule has 0 amide bonds. The van der Waals surface area contributed by atoms with Crippen LogP contribution in [0.15, 0.2) is 75.8 Å². The van der Waals surface area contributed by atoms with Crippen molar-refractivity contribution in [2.45, 2.75) is 19.4 Å². The molecule has 2 aromatic carbocycles. The van der Waals surface area contributed by atoms with Gasteiger partial charge in [-0.1, -0.05) is 35.9 Å². The number of halogens is 1. The predicted octanol–water partition coefficient (Wildman–Crippen LogP) is 4.20. The van der Waals surface area contributed by atoms with Crippen molar-refractivity contribution in [3.05, 3.63) is 92.9 Å². The van der Waals surface area contributed by atoms with E-state index in [1.807, 2.05) is 24.3 Å². The summed E-state index contributed by atoms with van der Waals surface area (Å²) >= 11 is 6.07. The highest BCUT2D eigenvalue weighted by atomic mass is 35.5. The summed E-state index contributed by atoms with van der Waals surface area (Å²) in [7, 11) is 1.59. The molecule has 0 fully saturated rings. The average Bonchev–Trinajstić information content (AvgIpc) is 3.33. The summed E-state index contributed by atoms with van der Waals surface area (Å²) < 4.78 is 6.43. The van der Waals surface area contributed by atoms with Crippen LogP contribution in [0.2, 0.25) is 5.02 Å². The number of rotatable bonds is 8. The molecule has 1 aliphatic rings. The van der Waals surface area contributed by atoms with Gasteiger partial charge in [-0.2, -0.15) is 5.26 Å². The van der Waals surface area contributed by atoms with Crippen molar-refractivity contribution in [1.29, 1.82) is 5.26 Å². The Bertz CT molecular complexity index is 1430. The molecule has 0 aliphatic carbocycles. The normalized spacial score (nSPS) is 13.7. The zero-order chi connectivity index (χ0) is 24.9. The number of azo groups is 1. The Morgan fingerprint density at radius 1 is 1.20 bits per heavy atom. The number of aromatic nitrogens is 1. The number of hydrogen-bond donors (Lipinski definition) is 0. The van der Waals surface area contributed by atoms with Crippen LogP contribution in [-0.2, 0) is 16.0 Å². The van der Waals surface area contributed by atoms with Gasteiger partial charge in [0.1, 0.15) is 5.71 Å². The van der Waals surface area contributed by atoms with Gasteiger partial charge in [0.2, 0.25) is 0 Å². The third-order valence-electron chi connectivity index (χ3n) is 5.77. The first kappa shape index (κ1) is 24.2. The van der Waals surface area contributed by atoms with Gasteiger partial charge >= 0.3 is 6.73 Å². The number of methoxy groups -OCH3 is 1. The van der Waals surface area contributed by atoms with Crippen molar-refractivity contribution in [2.24, 2.45) is 10.2 Å². The first-order valence-electron chi connectivity index (χ1n) is 10.9. The lowest BCUT2D eigenvalue weighted by Crippen LogP contribution is -2.28. The third kappa shape index (κ3) is 5.43. The Labute approximate surface area is 207 Å². The molecule has 2 heterocycles. The molecule has 0 bridgehead atoms. The number of benzene rings is 2. The molecular weight excluding hydrogens is 466 g/mol. The molecular formula is C26H23ClN5O3+. The molecule has 35 heavy (non-hydrogen) atoms. The summed E-state index contributed by atoms with van der Waals surface area (Å²) in [6, 6.07) is 17.1. The second-order valence-corrected chi connectivity index (χ2v) is 8.55. The van der Waals surface area contributed by atoms with Crippen LogP contribution in [0.5, 0.6) is 0 Å². The van der Waals surface area contributed by atoms with Gasteiger partial charge in [-0.25, -0.2) is 0 Å². The number of hydrazone groups is 1. The van der Waals surface area contributed by atoms with Crippen LogP contribution in [-0.4, -0.2) is 41.3 Å². The van der Waals surface area contributed by atoms with E-state index in [1.54, 1.807) is 44.5 Å². The highest BCUT2D eigenvalue weighted by Crippen LogP contribution is 2.26. The molecule has 1 unspecified atom stereocenters. The molecule has 176 valence electrons. The first-order valence-corrected chi connectivity index (χ1v) is 11.3. The number of carbonyl (C=O) groups excluding carboxylic acids is 1. The number of Topliss-reactive ketones (excluding diaryl/α,β-unsaturated/α-hetero) is 1. The van der Waals surface area contributed by atoms with E-state index in [1.165, 1.54) is 15.4 Å². The number of ether oxygens (including phenoxy) is 1. The van der Waals surface area contributed by atoms with Gasteiger partial charge in [-0.3, -0.25) is 9.59 Å². The van der Waals surface area contributed by atoms with Gasteiger partial charge in [-0.05, 0) is 47.4 Å². The second-order valence-electron chi connectivity index (χ2n) is 8.11. The number of ketones is 1. The predicted molar refractivity (Wildman–Crippen MR) is 132 cm³/mol. The van der Waals surface area contributed by atoms with E-state index in [4.69, 9.17) is 16.3 Å². The molecule has 1 aromatic heterocycles. The Morgan fingerprint density at radius 2 is 1.97 bits per heavy atom. The molecule has 0 radical (unpaired) electrons. The van der Waals surface area contributed by atoms with Gasteiger partial charge < -0.3 is 9.30 Å². The summed E-state index contributed by atoms with van der Waals surface area (Å²) in [6.45, 7) is 2.48. The van der Waals surface area contributed by atoms with Gasteiger partial charge in [0.15, 0.2) is 12.3 Å². The third-order valence-corrected chi connectivity index (χ3v) is 6.01. The molecule has 0 saturated carbocycles. The van der Waals surface area contributed by atoms with E-state index in [0.29, 0.717) is 35.0 Å². The number of hydrogen-bond acceptors (Lipinski definition) is 6.